The smallest absolute Gasteiger partial charge is 0.262 e. The van der Waals surface area contributed by atoms with Crippen molar-refractivity contribution in [3.63, 3.8) is 0 Å². The van der Waals surface area contributed by atoms with Crippen LogP contribution in [0.3, 0.4) is 0 Å². The zero-order valence-electron chi connectivity index (χ0n) is 17.6. The van der Waals surface area contributed by atoms with Gasteiger partial charge < -0.3 is 9.64 Å². The zero-order chi connectivity index (χ0) is 21.5. The first kappa shape index (κ1) is 22.1. The third-order valence-corrected chi connectivity index (χ3v) is 5.69. The maximum Gasteiger partial charge on any atom is 0.262 e. The Hall–Kier alpha value is -2.64. The van der Waals surface area contributed by atoms with E-state index >= 15 is 0 Å². The molecule has 158 valence electrons. The van der Waals surface area contributed by atoms with Crippen LogP contribution in [-0.4, -0.2) is 46.4 Å². The van der Waals surface area contributed by atoms with E-state index < -0.39 is 0 Å². The fourth-order valence-corrected chi connectivity index (χ4v) is 4.23. The van der Waals surface area contributed by atoms with Gasteiger partial charge in [0.25, 0.3) is 5.56 Å². The summed E-state index contributed by atoms with van der Waals surface area (Å²) in [6, 6.07) is 17.1. The highest BCUT2D eigenvalue weighted by molar-refractivity contribution is 7.99. The minimum atomic E-state index is -0.0777. The van der Waals surface area contributed by atoms with E-state index in [0.29, 0.717) is 35.8 Å². The molecule has 0 spiro atoms. The van der Waals surface area contributed by atoms with Crippen molar-refractivity contribution < 1.29 is 9.53 Å². The molecule has 0 fully saturated rings. The molecular weight excluding hydrogens is 398 g/mol. The number of hydrogen-bond acceptors (Lipinski definition) is 5. The molecule has 0 radical (unpaired) electrons. The molecule has 1 amide bonds. The second-order valence-electron chi connectivity index (χ2n) is 7.26. The number of thioether (sulfide) groups is 1. The number of carbonyl (C=O) groups is 1. The molecule has 0 aliphatic carbocycles. The third-order valence-electron chi connectivity index (χ3n) is 4.75. The monoisotopic (exact) mass is 425 g/mol. The van der Waals surface area contributed by atoms with Crippen LogP contribution in [0.2, 0.25) is 0 Å². The van der Waals surface area contributed by atoms with E-state index in [0.717, 1.165) is 5.56 Å². The Morgan fingerprint density at radius 1 is 1.13 bits per heavy atom. The number of amides is 1. The number of aromatic nitrogens is 2. The first-order valence-corrected chi connectivity index (χ1v) is 10.9. The highest BCUT2D eigenvalue weighted by atomic mass is 32.2. The van der Waals surface area contributed by atoms with Gasteiger partial charge in [-0.05, 0) is 31.5 Å². The van der Waals surface area contributed by atoms with E-state index in [9.17, 15) is 9.59 Å². The molecule has 0 N–H and O–H groups in total. The normalized spacial score (nSPS) is 11.2. The minimum Gasteiger partial charge on any atom is -0.383 e. The summed E-state index contributed by atoms with van der Waals surface area (Å²) < 4.78 is 6.84. The number of para-hydroxylation sites is 1. The Balaban J connectivity index is 1.81. The first-order chi connectivity index (χ1) is 14.5. The molecule has 6 nitrogen and oxygen atoms in total. The van der Waals surface area contributed by atoms with E-state index in [1.165, 1.54) is 11.8 Å². The van der Waals surface area contributed by atoms with Gasteiger partial charge in [-0.2, -0.15) is 0 Å². The van der Waals surface area contributed by atoms with Gasteiger partial charge in [-0.3, -0.25) is 14.2 Å². The van der Waals surface area contributed by atoms with E-state index in [1.807, 2.05) is 62.4 Å². The Morgan fingerprint density at radius 3 is 2.53 bits per heavy atom. The SMILES string of the molecule is COCCN(Cc1ccccc1)C(=O)CSc1nc2ccccc2c(=O)n1C(C)C. The predicted octanol–water partition coefficient (Wildman–Crippen LogP) is 3.74. The average Bonchev–Trinajstić information content (AvgIpc) is 2.75. The highest BCUT2D eigenvalue weighted by Gasteiger charge is 2.18. The number of carbonyl (C=O) groups excluding carboxylic acids is 1. The van der Waals surface area contributed by atoms with Crippen molar-refractivity contribution in [2.75, 3.05) is 26.0 Å². The van der Waals surface area contributed by atoms with Crippen molar-refractivity contribution >= 4 is 28.6 Å². The second-order valence-corrected chi connectivity index (χ2v) is 8.21. The highest BCUT2D eigenvalue weighted by Crippen LogP contribution is 2.21. The third kappa shape index (κ3) is 5.29. The van der Waals surface area contributed by atoms with Crippen LogP contribution in [0.5, 0.6) is 0 Å². The standard InChI is InChI=1S/C23H27N3O3S/c1-17(2)26-22(28)19-11-7-8-12-20(19)24-23(26)30-16-21(27)25(13-14-29-3)15-18-9-5-4-6-10-18/h4-12,17H,13-16H2,1-3H3. The van der Waals surface area contributed by atoms with E-state index in [-0.39, 0.29) is 23.3 Å². The molecule has 0 saturated carbocycles. The van der Waals surface area contributed by atoms with Gasteiger partial charge >= 0.3 is 0 Å². The van der Waals surface area contributed by atoms with Crippen LogP contribution >= 0.6 is 11.8 Å². The number of methoxy groups -OCH3 is 1. The van der Waals surface area contributed by atoms with Crippen LogP contribution < -0.4 is 5.56 Å². The summed E-state index contributed by atoms with van der Waals surface area (Å²) >= 11 is 1.30. The molecule has 0 aliphatic heterocycles. The van der Waals surface area contributed by atoms with E-state index in [2.05, 4.69) is 4.98 Å². The number of benzene rings is 2. The van der Waals surface area contributed by atoms with Crippen LogP contribution in [0.4, 0.5) is 0 Å². The maximum absolute atomic E-state index is 13.0. The summed E-state index contributed by atoms with van der Waals surface area (Å²) in [7, 11) is 1.63. The van der Waals surface area contributed by atoms with Crippen molar-refractivity contribution in [2.24, 2.45) is 0 Å². The predicted molar refractivity (Wildman–Crippen MR) is 121 cm³/mol. The summed E-state index contributed by atoms with van der Waals surface area (Å²) in [5.41, 5.74) is 1.64. The van der Waals surface area contributed by atoms with Gasteiger partial charge in [0.1, 0.15) is 0 Å². The molecule has 0 saturated heterocycles. The molecule has 0 atom stereocenters. The van der Waals surface area contributed by atoms with Crippen LogP contribution in [0, 0.1) is 0 Å². The van der Waals surface area contributed by atoms with Crippen molar-refractivity contribution in [1.29, 1.82) is 0 Å². The molecule has 0 unspecified atom stereocenters. The molecule has 3 rings (SSSR count). The van der Waals surface area contributed by atoms with Gasteiger partial charge in [0.2, 0.25) is 5.91 Å². The topological polar surface area (TPSA) is 64.4 Å². The van der Waals surface area contributed by atoms with Gasteiger partial charge in [0.05, 0.1) is 23.3 Å². The molecule has 0 aliphatic rings. The molecule has 1 heterocycles. The zero-order valence-corrected chi connectivity index (χ0v) is 18.4. The van der Waals surface area contributed by atoms with Gasteiger partial charge in [0.15, 0.2) is 5.16 Å². The number of fused-ring (bicyclic) bond motifs is 1. The molecule has 2 aromatic carbocycles. The Labute approximate surface area is 180 Å². The van der Waals surface area contributed by atoms with Crippen LogP contribution in [0.1, 0.15) is 25.5 Å². The van der Waals surface area contributed by atoms with Gasteiger partial charge in [0, 0.05) is 26.2 Å². The molecule has 7 heteroatoms. The van der Waals surface area contributed by atoms with Gasteiger partial charge in [-0.1, -0.05) is 54.2 Å². The minimum absolute atomic E-state index is 0.0152. The summed E-state index contributed by atoms with van der Waals surface area (Å²) in [5, 5.41) is 1.15. The summed E-state index contributed by atoms with van der Waals surface area (Å²) in [4.78, 5) is 32.4. The van der Waals surface area contributed by atoms with Crippen molar-refractivity contribution in [1.82, 2.24) is 14.5 Å². The number of nitrogens with zero attached hydrogens (tertiary/aromatic N) is 3. The lowest BCUT2D eigenvalue weighted by Crippen LogP contribution is -2.35. The Bertz CT molecular complexity index is 1050. The lowest BCUT2D eigenvalue weighted by Gasteiger charge is -2.23. The average molecular weight is 426 g/mol. The van der Waals surface area contributed by atoms with Crippen LogP contribution in [0.25, 0.3) is 10.9 Å². The van der Waals surface area contributed by atoms with Crippen molar-refractivity contribution in [3.05, 3.63) is 70.5 Å². The molecule has 30 heavy (non-hydrogen) atoms. The molecular formula is C23H27N3O3S. The van der Waals surface area contributed by atoms with Crippen molar-refractivity contribution in [2.45, 2.75) is 31.6 Å². The first-order valence-electron chi connectivity index (χ1n) is 9.96. The maximum atomic E-state index is 13.0. The number of hydrogen-bond donors (Lipinski definition) is 0. The lowest BCUT2D eigenvalue weighted by molar-refractivity contribution is -0.129. The number of rotatable bonds is 9. The summed E-state index contributed by atoms with van der Waals surface area (Å²) in [6.45, 7) is 5.39. The fraction of sp³-hybridized carbons (Fsp3) is 0.348. The van der Waals surface area contributed by atoms with E-state index in [1.54, 1.807) is 22.6 Å². The Morgan fingerprint density at radius 2 is 1.83 bits per heavy atom. The summed E-state index contributed by atoms with van der Waals surface area (Å²) in [6.07, 6.45) is 0. The molecule has 0 bridgehead atoms. The largest absolute Gasteiger partial charge is 0.383 e. The summed E-state index contributed by atoms with van der Waals surface area (Å²) in [5.74, 6) is 0.187. The quantitative estimate of drug-likeness (QED) is 0.386. The lowest BCUT2D eigenvalue weighted by atomic mass is 10.2. The fourth-order valence-electron chi connectivity index (χ4n) is 3.20. The van der Waals surface area contributed by atoms with Gasteiger partial charge in [-0.15, -0.1) is 0 Å². The Kier molecular flexibility index (Phi) is 7.65. The van der Waals surface area contributed by atoms with Crippen LogP contribution in [-0.2, 0) is 16.1 Å². The van der Waals surface area contributed by atoms with Crippen LogP contribution in [0.15, 0.2) is 64.5 Å². The van der Waals surface area contributed by atoms with Gasteiger partial charge in [-0.25, -0.2) is 4.98 Å². The number of ether oxygens (including phenoxy) is 1. The van der Waals surface area contributed by atoms with Crippen molar-refractivity contribution in [3.8, 4) is 0 Å². The molecule has 3 aromatic rings. The van der Waals surface area contributed by atoms with E-state index in [4.69, 9.17) is 4.74 Å². The second kappa shape index (κ2) is 10.4. The molecule has 1 aromatic heterocycles.